The molecular weight excluding hydrogens is 322 g/mol. The van der Waals surface area contributed by atoms with Crippen LogP contribution in [0.3, 0.4) is 0 Å². The van der Waals surface area contributed by atoms with Crippen LogP contribution in [0.5, 0.6) is 5.75 Å². The highest BCUT2D eigenvalue weighted by molar-refractivity contribution is 5.94. The van der Waals surface area contributed by atoms with Gasteiger partial charge in [-0.05, 0) is 24.5 Å². The molecule has 3 heterocycles. The Morgan fingerprint density at radius 1 is 1.40 bits per heavy atom. The topological polar surface area (TPSA) is 101 Å². The summed E-state index contributed by atoms with van der Waals surface area (Å²) in [6.07, 6.45) is 3.27. The monoisotopic (exact) mass is 339 g/mol. The Morgan fingerprint density at radius 3 is 3.08 bits per heavy atom. The summed E-state index contributed by atoms with van der Waals surface area (Å²) in [5, 5.41) is 19.7. The van der Waals surface area contributed by atoms with Gasteiger partial charge < -0.3 is 20.5 Å². The van der Waals surface area contributed by atoms with E-state index in [0.29, 0.717) is 18.2 Å². The van der Waals surface area contributed by atoms with E-state index in [9.17, 15) is 9.90 Å². The van der Waals surface area contributed by atoms with Crippen molar-refractivity contribution in [3.8, 4) is 5.75 Å². The van der Waals surface area contributed by atoms with Crippen molar-refractivity contribution < 1.29 is 14.6 Å². The van der Waals surface area contributed by atoms with Gasteiger partial charge in [0, 0.05) is 13.1 Å². The smallest absolute Gasteiger partial charge is 0.341 e. The summed E-state index contributed by atoms with van der Waals surface area (Å²) >= 11 is 0. The van der Waals surface area contributed by atoms with Crippen molar-refractivity contribution in [2.75, 3.05) is 24.3 Å². The molecule has 0 aliphatic carbocycles. The Hall–Kier alpha value is -3.29. The number of benzene rings is 1. The number of anilines is 3. The number of nitrogens with zero attached hydrogens (tertiary/aromatic N) is 3. The molecular formula is C17H17N5O3. The number of nitrogens with one attached hydrogen (secondary N) is 2. The first-order valence-corrected chi connectivity index (χ1v) is 7.99. The molecule has 0 unspecified atom stereocenters. The zero-order chi connectivity index (χ0) is 17.4. The Balaban J connectivity index is 1.80. The number of carbonyl (C=O) groups is 1. The number of rotatable bonds is 4. The van der Waals surface area contributed by atoms with E-state index in [1.807, 2.05) is 12.1 Å². The van der Waals surface area contributed by atoms with E-state index in [1.165, 1.54) is 10.7 Å². The van der Waals surface area contributed by atoms with Gasteiger partial charge in [-0.1, -0.05) is 12.1 Å². The minimum absolute atomic E-state index is 0.0477. The molecule has 0 bridgehead atoms. The molecule has 0 amide bonds. The van der Waals surface area contributed by atoms with E-state index in [1.54, 1.807) is 13.1 Å². The lowest BCUT2D eigenvalue weighted by Gasteiger charge is -2.21. The van der Waals surface area contributed by atoms with Crippen LogP contribution in [0.1, 0.15) is 22.3 Å². The van der Waals surface area contributed by atoms with Crippen molar-refractivity contribution in [2.24, 2.45) is 0 Å². The van der Waals surface area contributed by atoms with Crippen LogP contribution in [0.2, 0.25) is 0 Å². The third-order valence-corrected chi connectivity index (χ3v) is 4.15. The molecule has 0 saturated heterocycles. The number of para-hydroxylation sites is 1. The Labute approximate surface area is 143 Å². The molecule has 0 radical (unpaired) electrons. The van der Waals surface area contributed by atoms with Crippen LogP contribution in [-0.4, -0.2) is 39.3 Å². The third-order valence-electron chi connectivity index (χ3n) is 4.15. The second kappa shape index (κ2) is 5.97. The summed E-state index contributed by atoms with van der Waals surface area (Å²) in [7, 11) is 1.74. The largest absolute Gasteiger partial charge is 0.491 e. The standard InChI is InChI=1S/C17H17N5O3/c1-18-14-8-13(21-16-11(17(23)24)9-19-22(14)16)20-12-6-2-4-10-5-3-7-25-15(10)12/h2,4,6,8-9,18H,3,5,7H2,1H3,(H,20,21)(H,23,24). The maximum atomic E-state index is 11.4. The fourth-order valence-corrected chi connectivity index (χ4v) is 2.98. The summed E-state index contributed by atoms with van der Waals surface area (Å²) in [6, 6.07) is 7.71. The molecule has 0 spiro atoms. The van der Waals surface area contributed by atoms with Gasteiger partial charge in [0.05, 0.1) is 18.5 Å². The molecule has 1 aliphatic rings. The quantitative estimate of drug-likeness (QED) is 0.671. The number of hydrogen-bond donors (Lipinski definition) is 3. The van der Waals surface area contributed by atoms with Crippen LogP contribution in [-0.2, 0) is 6.42 Å². The lowest BCUT2D eigenvalue weighted by molar-refractivity contribution is 0.0699. The summed E-state index contributed by atoms with van der Waals surface area (Å²) in [6.45, 7) is 0.686. The second-order valence-corrected chi connectivity index (χ2v) is 5.75. The number of aryl methyl sites for hydroxylation is 1. The van der Waals surface area contributed by atoms with Gasteiger partial charge in [0.15, 0.2) is 5.65 Å². The molecule has 1 aliphatic heterocycles. The minimum atomic E-state index is -1.07. The van der Waals surface area contributed by atoms with Gasteiger partial charge in [-0.25, -0.2) is 9.78 Å². The summed E-state index contributed by atoms with van der Waals surface area (Å²) in [5.41, 5.74) is 2.29. The van der Waals surface area contributed by atoms with Crippen LogP contribution >= 0.6 is 0 Å². The molecule has 8 nitrogen and oxygen atoms in total. The number of carboxylic acids is 1. The Bertz CT molecular complexity index is 966. The zero-order valence-corrected chi connectivity index (χ0v) is 13.6. The first-order valence-electron chi connectivity index (χ1n) is 7.99. The van der Waals surface area contributed by atoms with Gasteiger partial charge in [0.1, 0.15) is 22.9 Å². The van der Waals surface area contributed by atoms with Crippen molar-refractivity contribution >= 4 is 28.9 Å². The third kappa shape index (κ3) is 2.61. The first-order chi connectivity index (χ1) is 12.2. The van der Waals surface area contributed by atoms with Crippen LogP contribution in [0.25, 0.3) is 5.65 Å². The minimum Gasteiger partial charge on any atom is -0.491 e. The molecule has 0 saturated carbocycles. The molecule has 0 atom stereocenters. The van der Waals surface area contributed by atoms with Crippen LogP contribution in [0.15, 0.2) is 30.5 Å². The number of aromatic carboxylic acids is 1. The van der Waals surface area contributed by atoms with Crippen LogP contribution < -0.4 is 15.4 Å². The van der Waals surface area contributed by atoms with E-state index in [4.69, 9.17) is 4.74 Å². The van der Waals surface area contributed by atoms with Crippen LogP contribution in [0.4, 0.5) is 17.3 Å². The van der Waals surface area contributed by atoms with E-state index in [0.717, 1.165) is 29.8 Å². The van der Waals surface area contributed by atoms with E-state index in [2.05, 4.69) is 26.8 Å². The normalized spacial score (nSPS) is 13.2. The van der Waals surface area contributed by atoms with Gasteiger partial charge in [-0.2, -0.15) is 9.61 Å². The fourth-order valence-electron chi connectivity index (χ4n) is 2.98. The van der Waals surface area contributed by atoms with Gasteiger partial charge in [0.25, 0.3) is 0 Å². The summed E-state index contributed by atoms with van der Waals surface area (Å²) in [5.74, 6) is 0.906. The van der Waals surface area contributed by atoms with E-state index >= 15 is 0 Å². The summed E-state index contributed by atoms with van der Waals surface area (Å²) < 4.78 is 7.26. The van der Waals surface area contributed by atoms with Crippen molar-refractivity contribution in [3.63, 3.8) is 0 Å². The highest BCUT2D eigenvalue weighted by atomic mass is 16.5. The van der Waals surface area contributed by atoms with Crippen molar-refractivity contribution in [1.82, 2.24) is 14.6 Å². The molecule has 128 valence electrons. The molecule has 4 rings (SSSR count). The SMILES string of the molecule is CNc1cc(Nc2cccc3c2OCCC3)nc2c(C(=O)O)cnn12. The molecule has 3 aromatic rings. The van der Waals surface area contributed by atoms with E-state index < -0.39 is 5.97 Å². The number of aromatic nitrogens is 3. The lowest BCUT2D eigenvalue weighted by Crippen LogP contribution is -2.11. The summed E-state index contributed by atoms with van der Waals surface area (Å²) in [4.78, 5) is 15.8. The number of ether oxygens (including phenoxy) is 1. The molecule has 25 heavy (non-hydrogen) atoms. The van der Waals surface area contributed by atoms with Crippen molar-refractivity contribution in [1.29, 1.82) is 0 Å². The maximum Gasteiger partial charge on any atom is 0.341 e. The highest BCUT2D eigenvalue weighted by Gasteiger charge is 2.18. The average Bonchev–Trinajstić information content (AvgIpc) is 3.05. The van der Waals surface area contributed by atoms with E-state index in [-0.39, 0.29) is 11.2 Å². The van der Waals surface area contributed by atoms with Crippen molar-refractivity contribution in [2.45, 2.75) is 12.8 Å². The predicted octanol–water partition coefficient (Wildman–Crippen LogP) is 2.54. The Kier molecular flexibility index (Phi) is 3.64. The molecule has 2 aromatic heterocycles. The number of fused-ring (bicyclic) bond motifs is 2. The molecule has 8 heteroatoms. The van der Waals surface area contributed by atoms with Crippen LogP contribution in [0, 0.1) is 0 Å². The van der Waals surface area contributed by atoms with Crippen molar-refractivity contribution in [3.05, 3.63) is 41.6 Å². The lowest BCUT2D eigenvalue weighted by atomic mass is 10.1. The number of carboxylic acid groups (broad SMARTS) is 1. The predicted molar refractivity (Wildman–Crippen MR) is 93.0 cm³/mol. The van der Waals surface area contributed by atoms with Gasteiger partial charge in [0.2, 0.25) is 0 Å². The molecule has 1 aromatic carbocycles. The average molecular weight is 339 g/mol. The van der Waals surface area contributed by atoms with Gasteiger partial charge in [-0.3, -0.25) is 0 Å². The molecule has 3 N–H and O–H groups in total. The zero-order valence-electron chi connectivity index (χ0n) is 13.6. The fraction of sp³-hybridized carbons (Fsp3) is 0.235. The second-order valence-electron chi connectivity index (χ2n) is 5.75. The van der Waals surface area contributed by atoms with Gasteiger partial charge in [-0.15, -0.1) is 0 Å². The first kappa shape index (κ1) is 15.3. The highest BCUT2D eigenvalue weighted by Crippen LogP contribution is 2.35. The maximum absolute atomic E-state index is 11.4. The molecule has 0 fully saturated rings. The number of hydrogen-bond acceptors (Lipinski definition) is 6. The van der Waals surface area contributed by atoms with Gasteiger partial charge >= 0.3 is 5.97 Å². The Morgan fingerprint density at radius 2 is 2.28 bits per heavy atom.